The molecule has 0 aliphatic rings. The average molecular weight is 241 g/mol. The number of rotatable bonds is 7. The zero-order valence-electron chi connectivity index (χ0n) is 10.5. The maximum atomic E-state index is 11.1. The molecule has 0 aliphatic heterocycles. The Morgan fingerprint density at radius 3 is 2.82 bits per heavy atom. The number of methoxy groups -OCH3 is 1. The molecule has 0 bridgehead atoms. The molecular formula is C11H19N3O3. The van der Waals surface area contributed by atoms with Gasteiger partial charge in [-0.05, 0) is 19.8 Å². The Hall–Kier alpha value is -1.56. The van der Waals surface area contributed by atoms with Gasteiger partial charge in [0.25, 0.3) is 0 Å². The minimum atomic E-state index is -0.949. The molecule has 2 N–H and O–H groups in total. The summed E-state index contributed by atoms with van der Waals surface area (Å²) in [5.41, 5.74) is 0.777. The monoisotopic (exact) mass is 241 g/mol. The van der Waals surface area contributed by atoms with Crippen molar-refractivity contribution in [3.63, 3.8) is 0 Å². The van der Waals surface area contributed by atoms with Gasteiger partial charge in [0.15, 0.2) is 0 Å². The van der Waals surface area contributed by atoms with E-state index in [1.165, 1.54) is 0 Å². The van der Waals surface area contributed by atoms with Gasteiger partial charge in [0.05, 0.1) is 5.69 Å². The predicted octanol–water partition coefficient (Wildman–Crippen LogP) is 1.27. The zero-order valence-corrected chi connectivity index (χ0v) is 10.5. The van der Waals surface area contributed by atoms with Gasteiger partial charge in [-0.25, -0.2) is 4.79 Å². The van der Waals surface area contributed by atoms with Crippen molar-refractivity contribution in [1.29, 1.82) is 0 Å². The van der Waals surface area contributed by atoms with Gasteiger partial charge in [-0.2, -0.15) is 5.10 Å². The summed E-state index contributed by atoms with van der Waals surface area (Å²) in [7, 11) is 3.40. The van der Waals surface area contributed by atoms with E-state index in [4.69, 9.17) is 9.84 Å². The number of ether oxygens (including phenoxy) is 1. The molecule has 1 aromatic heterocycles. The van der Waals surface area contributed by atoms with Crippen LogP contribution in [-0.4, -0.2) is 41.1 Å². The number of hydrogen-bond acceptors (Lipinski definition) is 4. The maximum Gasteiger partial charge on any atom is 0.341 e. The number of anilines is 1. The highest BCUT2D eigenvalue weighted by molar-refractivity contribution is 5.94. The van der Waals surface area contributed by atoms with Gasteiger partial charge in [-0.1, -0.05) is 0 Å². The molecule has 1 aromatic rings. The predicted molar refractivity (Wildman–Crippen MR) is 64.5 cm³/mol. The largest absolute Gasteiger partial charge is 0.477 e. The fourth-order valence-corrected chi connectivity index (χ4v) is 1.70. The van der Waals surface area contributed by atoms with E-state index < -0.39 is 5.97 Å². The molecule has 0 saturated heterocycles. The van der Waals surface area contributed by atoms with Crippen LogP contribution in [0.1, 0.15) is 28.9 Å². The summed E-state index contributed by atoms with van der Waals surface area (Å²) in [6, 6.07) is 0. The molecule has 1 heterocycles. The molecule has 0 radical (unpaired) electrons. The molecule has 96 valence electrons. The quantitative estimate of drug-likeness (QED) is 0.703. The molecule has 0 saturated carbocycles. The zero-order chi connectivity index (χ0) is 12.8. The number of carboxylic acids is 1. The van der Waals surface area contributed by atoms with E-state index in [0.29, 0.717) is 18.1 Å². The highest BCUT2D eigenvalue weighted by Gasteiger charge is 2.18. The fraction of sp³-hybridized carbons (Fsp3) is 0.636. The van der Waals surface area contributed by atoms with Crippen LogP contribution in [0.2, 0.25) is 0 Å². The summed E-state index contributed by atoms with van der Waals surface area (Å²) in [6.45, 7) is 3.13. The van der Waals surface area contributed by atoms with Crippen LogP contribution in [0.3, 0.4) is 0 Å². The lowest BCUT2D eigenvalue weighted by atomic mass is 10.2. The number of nitrogens with zero attached hydrogens (tertiary/aromatic N) is 2. The van der Waals surface area contributed by atoms with E-state index in [0.717, 1.165) is 19.4 Å². The lowest BCUT2D eigenvalue weighted by Crippen LogP contribution is -2.10. The lowest BCUT2D eigenvalue weighted by molar-refractivity contribution is 0.0697. The molecule has 0 amide bonds. The molecule has 0 aliphatic carbocycles. The van der Waals surface area contributed by atoms with Crippen molar-refractivity contribution < 1.29 is 14.6 Å². The van der Waals surface area contributed by atoms with Gasteiger partial charge >= 0.3 is 5.97 Å². The first-order valence-electron chi connectivity index (χ1n) is 5.57. The molecule has 6 heteroatoms. The first kappa shape index (κ1) is 13.5. The molecule has 1 rings (SSSR count). The number of hydrogen-bond donors (Lipinski definition) is 2. The van der Waals surface area contributed by atoms with E-state index in [-0.39, 0.29) is 5.56 Å². The number of nitrogens with one attached hydrogen (secondary N) is 1. The van der Waals surface area contributed by atoms with Crippen molar-refractivity contribution in [3.05, 3.63) is 11.3 Å². The van der Waals surface area contributed by atoms with Crippen molar-refractivity contribution >= 4 is 11.8 Å². The van der Waals surface area contributed by atoms with Crippen LogP contribution in [0.5, 0.6) is 0 Å². The van der Waals surface area contributed by atoms with Crippen molar-refractivity contribution in [3.8, 4) is 0 Å². The molecule has 0 atom stereocenters. The minimum absolute atomic E-state index is 0.249. The van der Waals surface area contributed by atoms with Gasteiger partial charge in [-0.3, -0.25) is 4.68 Å². The Balaban J connectivity index is 2.61. The molecular weight excluding hydrogens is 222 g/mol. The van der Waals surface area contributed by atoms with Crippen LogP contribution in [0, 0.1) is 6.92 Å². The summed E-state index contributed by atoms with van der Waals surface area (Å²) in [5.74, 6) is -0.387. The van der Waals surface area contributed by atoms with Crippen LogP contribution < -0.4 is 5.32 Å². The van der Waals surface area contributed by atoms with Gasteiger partial charge in [0.1, 0.15) is 11.4 Å². The number of carbonyl (C=O) groups is 1. The number of carboxylic acid groups (broad SMARTS) is 1. The second-order valence-electron chi connectivity index (χ2n) is 3.86. The van der Waals surface area contributed by atoms with Crippen molar-refractivity contribution in [2.75, 3.05) is 25.6 Å². The Bertz CT molecular complexity index is 388. The van der Waals surface area contributed by atoms with Crippen molar-refractivity contribution in [2.24, 2.45) is 7.05 Å². The Labute approximate surface area is 101 Å². The molecule has 17 heavy (non-hydrogen) atoms. The smallest absolute Gasteiger partial charge is 0.341 e. The Morgan fingerprint density at radius 1 is 1.53 bits per heavy atom. The van der Waals surface area contributed by atoms with E-state index in [9.17, 15) is 4.79 Å². The van der Waals surface area contributed by atoms with Crippen LogP contribution >= 0.6 is 0 Å². The number of aryl methyl sites for hydroxylation is 2. The number of aromatic nitrogens is 2. The van der Waals surface area contributed by atoms with Crippen LogP contribution in [0.4, 0.5) is 5.82 Å². The molecule has 0 aromatic carbocycles. The molecule has 0 unspecified atom stereocenters. The second-order valence-corrected chi connectivity index (χ2v) is 3.86. The molecule has 0 fully saturated rings. The van der Waals surface area contributed by atoms with Gasteiger partial charge in [-0.15, -0.1) is 0 Å². The summed E-state index contributed by atoms with van der Waals surface area (Å²) < 4.78 is 6.51. The van der Waals surface area contributed by atoms with Gasteiger partial charge in [0, 0.05) is 27.3 Å². The molecule has 0 spiro atoms. The highest BCUT2D eigenvalue weighted by atomic mass is 16.5. The van der Waals surface area contributed by atoms with E-state index in [1.54, 1.807) is 25.8 Å². The first-order valence-corrected chi connectivity index (χ1v) is 5.57. The summed E-state index contributed by atoms with van der Waals surface area (Å²) >= 11 is 0. The summed E-state index contributed by atoms with van der Waals surface area (Å²) in [5, 5.41) is 16.3. The minimum Gasteiger partial charge on any atom is -0.477 e. The third kappa shape index (κ3) is 3.45. The number of unbranched alkanes of at least 4 members (excludes halogenated alkanes) is 1. The third-order valence-electron chi connectivity index (χ3n) is 2.50. The summed E-state index contributed by atoms with van der Waals surface area (Å²) in [4.78, 5) is 11.1. The number of aromatic carboxylic acids is 1. The normalized spacial score (nSPS) is 10.5. The average Bonchev–Trinajstić information content (AvgIpc) is 2.53. The standard InChI is InChI=1S/C11H19N3O3/c1-8-9(11(15)16)10(14(2)13-8)12-6-4-5-7-17-3/h12H,4-7H2,1-3H3,(H,15,16). The Morgan fingerprint density at radius 2 is 2.24 bits per heavy atom. The first-order chi connectivity index (χ1) is 8.07. The van der Waals surface area contributed by atoms with Gasteiger partial charge < -0.3 is 15.2 Å². The topological polar surface area (TPSA) is 76.4 Å². The van der Waals surface area contributed by atoms with Crippen LogP contribution in [0.15, 0.2) is 0 Å². The van der Waals surface area contributed by atoms with Crippen molar-refractivity contribution in [2.45, 2.75) is 19.8 Å². The van der Waals surface area contributed by atoms with E-state index >= 15 is 0 Å². The van der Waals surface area contributed by atoms with Crippen LogP contribution in [0.25, 0.3) is 0 Å². The van der Waals surface area contributed by atoms with Crippen molar-refractivity contribution in [1.82, 2.24) is 9.78 Å². The van der Waals surface area contributed by atoms with E-state index in [2.05, 4.69) is 10.4 Å². The SMILES string of the molecule is COCCCCNc1c(C(=O)O)c(C)nn1C. The van der Waals surface area contributed by atoms with Crippen LogP contribution in [-0.2, 0) is 11.8 Å². The lowest BCUT2D eigenvalue weighted by Gasteiger charge is -2.07. The second kappa shape index (κ2) is 6.24. The highest BCUT2D eigenvalue weighted by Crippen LogP contribution is 2.18. The third-order valence-corrected chi connectivity index (χ3v) is 2.50. The Kier molecular flexibility index (Phi) is 4.96. The molecule has 6 nitrogen and oxygen atoms in total. The maximum absolute atomic E-state index is 11.1. The summed E-state index contributed by atoms with van der Waals surface area (Å²) in [6.07, 6.45) is 1.87. The van der Waals surface area contributed by atoms with Gasteiger partial charge in [0.2, 0.25) is 0 Å². The fourth-order valence-electron chi connectivity index (χ4n) is 1.70. The van der Waals surface area contributed by atoms with E-state index in [1.807, 2.05) is 0 Å².